The third-order valence-corrected chi connectivity index (χ3v) is 2.65. The Balaban J connectivity index is 2.63. The first-order valence-electron chi connectivity index (χ1n) is 3.97. The van der Waals surface area contributed by atoms with E-state index in [1.807, 2.05) is 11.4 Å². The molecule has 0 aromatic carbocycles. The van der Waals surface area contributed by atoms with E-state index in [1.54, 1.807) is 0 Å². The van der Waals surface area contributed by atoms with Gasteiger partial charge in [0.25, 0.3) is 5.56 Å². The van der Waals surface area contributed by atoms with Crippen LogP contribution in [-0.4, -0.2) is 16.5 Å². The van der Waals surface area contributed by atoms with E-state index >= 15 is 0 Å². The Bertz CT molecular complexity index is 473. The summed E-state index contributed by atoms with van der Waals surface area (Å²) < 4.78 is 0.681. The van der Waals surface area contributed by atoms with Gasteiger partial charge in [-0.05, 0) is 18.0 Å². The number of rotatable bonds is 2. The van der Waals surface area contributed by atoms with Gasteiger partial charge in [0.2, 0.25) is 0 Å². The van der Waals surface area contributed by atoms with Crippen molar-refractivity contribution in [3.8, 4) is 0 Å². The first-order chi connectivity index (χ1) is 6.31. The second-order valence-electron chi connectivity index (χ2n) is 2.69. The average molecular weight is 195 g/mol. The van der Waals surface area contributed by atoms with Gasteiger partial charge < -0.3 is 10.7 Å². The first-order valence-corrected chi connectivity index (χ1v) is 4.85. The van der Waals surface area contributed by atoms with Crippen LogP contribution in [-0.2, 0) is 6.42 Å². The molecule has 2 rings (SSSR count). The van der Waals surface area contributed by atoms with Crippen molar-refractivity contribution in [3.05, 3.63) is 27.6 Å². The smallest absolute Gasteiger partial charge is 0.268 e. The first kappa shape index (κ1) is 8.40. The number of H-pyrrole nitrogens is 1. The molecule has 0 fully saturated rings. The Kier molecular flexibility index (Phi) is 2.12. The lowest BCUT2D eigenvalue weighted by molar-refractivity contribution is 0.871. The summed E-state index contributed by atoms with van der Waals surface area (Å²) >= 11 is 1.40. The fraction of sp³-hybridized carbons (Fsp3) is 0.250. The monoisotopic (exact) mass is 195 g/mol. The van der Waals surface area contributed by atoms with E-state index in [2.05, 4.69) is 9.97 Å². The molecule has 0 atom stereocenters. The van der Waals surface area contributed by atoms with Crippen molar-refractivity contribution in [1.82, 2.24) is 9.97 Å². The highest BCUT2D eigenvalue weighted by Gasteiger charge is 2.03. The lowest BCUT2D eigenvalue weighted by atomic mass is 10.4. The maximum Gasteiger partial charge on any atom is 0.268 e. The number of nitrogens with two attached hydrogens (primary N) is 1. The van der Waals surface area contributed by atoms with Crippen LogP contribution in [0.2, 0.25) is 0 Å². The summed E-state index contributed by atoms with van der Waals surface area (Å²) in [6, 6.07) is 1.84. The van der Waals surface area contributed by atoms with Gasteiger partial charge in [0, 0.05) is 6.42 Å². The largest absolute Gasteiger partial charge is 0.330 e. The molecule has 68 valence electrons. The molecule has 0 radical (unpaired) electrons. The summed E-state index contributed by atoms with van der Waals surface area (Å²) in [6.07, 6.45) is 0.612. The highest BCUT2D eigenvalue weighted by atomic mass is 32.1. The van der Waals surface area contributed by atoms with Crippen molar-refractivity contribution in [3.63, 3.8) is 0 Å². The van der Waals surface area contributed by atoms with E-state index in [9.17, 15) is 4.79 Å². The molecule has 0 unspecified atom stereocenters. The number of fused-ring (bicyclic) bond motifs is 1. The van der Waals surface area contributed by atoms with Crippen LogP contribution in [0, 0.1) is 0 Å². The van der Waals surface area contributed by atoms with Gasteiger partial charge >= 0.3 is 0 Å². The zero-order chi connectivity index (χ0) is 9.26. The molecule has 0 aliphatic carbocycles. The van der Waals surface area contributed by atoms with Gasteiger partial charge in [0.15, 0.2) is 0 Å². The van der Waals surface area contributed by atoms with E-state index in [-0.39, 0.29) is 5.56 Å². The summed E-state index contributed by atoms with van der Waals surface area (Å²) in [7, 11) is 0. The minimum Gasteiger partial charge on any atom is -0.330 e. The van der Waals surface area contributed by atoms with Crippen LogP contribution in [0.1, 0.15) is 5.82 Å². The van der Waals surface area contributed by atoms with E-state index in [1.165, 1.54) is 11.3 Å². The van der Waals surface area contributed by atoms with Gasteiger partial charge in [-0.1, -0.05) is 0 Å². The lowest BCUT2D eigenvalue weighted by Gasteiger charge is -1.96. The number of hydrogen-bond donors (Lipinski definition) is 2. The molecule has 0 spiro atoms. The zero-order valence-corrected chi connectivity index (χ0v) is 7.73. The Morgan fingerprint density at radius 1 is 1.62 bits per heavy atom. The summed E-state index contributed by atoms with van der Waals surface area (Å²) in [4.78, 5) is 18.4. The topological polar surface area (TPSA) is 71.8 Å². The van der Waals surface area contributed by atoms with Crippen LogP contribution in [0.25, 0.3) is 10.2 Å². The Morgan fingerprint density at radius 2 is 2.46 bits per heavy atom. The van der Waals surface area contributed by atoms with E-state index in [0.717, 1.165) is 5.52 Å². The van der Waals surface area contributed by atoms with E-state index in [4.69, 9.17) is 5.73 Å². The molecule has 0 amide bonds. The standard InChI is InChI=1S/C8H9N3OS/c9-3-1-6-10-5-2-4-13-7(5)8(12)11-6/h2,4H,1,3,9H2,(H,10,11,12). The van der Waals surface area contributed by atoms with Gasteiger partial charge in [-0.15, -0.1) is 11.3 Å². The van der Waals surface area contributed by atoms with Crippen molar-refractivity contribution in [2.75, 3.05) is 6.54 Å². The average Bonchev–Trinajstić information content (AvgIpc) is 2.53. The van der Waals surface area contributed by atoms with Crippen LogP contribution in [0.5, 0.6) is 0 Å². The van der Waals surface area contributed by atoms with Crippen molar-refractivity contribution in [1.29, 1.82) is 0 Å². The maximum absolute atomic E-state index is 11.4. The normalized spacial score (nSPS) is 10.8. The lowest BCUT2D eigenvalue weighted by Crippen LogP contribution is -2.13. The molecule has 0 bridgehead atoms. The molecule has 2 aromatic rings. The van der Waals surface area contributed by atoms with E-state index in [0.29, 0.717) is 23.5 Å². The Morgan fingerprint density at radius 3 is 3.23 bits per heavy atom. The molecule has 5 heteroatoms. The number of nitrogens with one attached hydrogen (secondary N) is 1. The maximum atomic E-state index is 11.4. The molecule has 0 aliphatic rings. The van der Waals surface area contributed by atoms with E-state index < -0.39 is 0 Å². The van der Waals surface area contributed by atoms with Gasteiger partial charge in [-0.2, -0.15) is 0 Å². The highest BCUT2D eigenvalue weighted by molar-refractivity contribution is 7.17. The molecule has 0 saturated carbocycles. The van der Waals surface area contributed by atoms with Crippen molar-refractivity contribution in [2.24, 2.45) is 5.73 Å². The Hall–Kier alpha value is -1.20. The fourth-order valence-corrected chi connectivity index (χ4v) is 1.90. The van der Waals surface area contributed by atoms with Crippen molar-refractivity contribution < 1.29 is 0 Å². The van der Waals surface area contributed by atoms with Crippen LogP contribution < -0.4 is 11.3 Å². The second kappa shape index (κ2) is 3.27. The molecule has 2 heterocycles. The SMILES string of the molecule is NCCc1nc2ccsc2c(=O)[nH]1. The van der Waals surface area contributed by atoms with Crippen molar-refractivity contribution in [2.45, 2.75) is 6.42 Å². The molecule has 2 aromatic heterocycles. The molecular formula is C8H9N3OS. The van der Waals surface area contributed by atoms with Crippen LogP contribution in [0.3, 0.4) is 0 Å². The van der Waals surface area contributed by atoms with Crippen LogP contribution in [0.15, 0.2) is 16.2 Å². The predicted molar refractivity (Wildman–Crippen MR) is 53.0 cm³/mol. The van der Waals surface area contributed by atoms with Crippen LogP contribution >= 0.6 is 11.3 Å². The molecular weight excluding hydrogens is 186 g/mol. The van der Waals surface area contributed by atoms with Gasteiger partial charge in [0.05, 0.1) is 5.52 Å². The Labute approximate surface area is 78.4 Å². The predicted octanol–water partition coefficient (Wildman–Crippen LogP) is 0.486. The quantitative estimate of drug-likeness (QED) is 0.732. The summed E-state index contributed by atoms with van der Waals surface area (Å²) in [5.74, 6) is 0.665. The zero-order valence-electron chi connectivity index (χ0n) is 6.91. The third-order valence-electron chi connectivity index (χ3n) is 1.75. The number of aromatic amines is 1. The number of aromatic nitrogens is 2. The molecule has 3 N–H and O–H groups in total. The van der Waals surface area contributed by atoms with Crippen molar-refractivity contribution >= 4 is 21.6 Å². The molecule has 0 saturated heterocycles. The third kappa shape index (κ3) is 1.48. The number of nitrogens with zero attached hydrogens (tertiary/aromatic N) is 1. The summed E-state index contributed by atoms with van der Waals surface area (Å²) in [5.41, 5.74) is 6.07. The van der Waals surface area contributed by atoms with Crippen LogP contribution in [0.4, 0.5) is 0 Å². The fourth-order valence-electron chi connectivity index (χ4n) is 1.18. The minimum absolute atomic E-state index is 0.0662. The molecule has 4 nitrogen and oxygen atoms in total. The summed E-state index contributed by atoms with van der Waals surface area (Å²) in [5, 5.41) is 1.86. The minimum atomic E-state index is -0.0662. The van der Waals surface area contributed by atoms with Gasteiger partial charge in [-0.25, -0.2) is 4.98 Å². The number of hydrogen-bond acceptors (Lipinski definition) is 4. The highest BCUT2D eigenvalue weighted by Crippen LogP contribution is 2.13. The van der Waals surface area contributed by atoms with Gasteiger partial charge in [-0.3, -0.25) is 4.79 Å². The molecule has 13 heavy (non-hydrogen) atoms. The van der Waals surface area contributed by atoms with Gasteiger partial charge in [0.1, 0.15) is 10.5 Å². The summed E-state index contributed by atoms with van der Waals surface area (Å²) in [6.45, 7) is 0.499. The number of thiophene rings is 1. The molecule has 0 aliphatic heterocycles. The second-order valence-corrected chi connectivity index (χ2v) is 3.60.